The molecule has 8 nitrogen and oxygen atoms in total. The van der Waals surface area contributed by atoms with Gasteiger partial charge in [-0.3, -0.25) is 4.79 Å². The van der Waals surface area contributed by atoms with Gasteiger partial charge in [-0.15, -0.1) is 0 Å². The van der Waals surface area contributed by atoms with E-state index in [2.05, 4.69) is 5.32 Å². The molecule has 1 saturated heterocycles. The van der Waals surface area contributed by atoms with Crippen LogP contribution in [0.2, 0.25) is 0 Å². The Morgan fingerprint density at radius 3 is 2.38 bits per heavy atom. The van der Waals surface area contributed by atoms with E-state index < -0.39 is 30.1 Å². The molecule has 0 radical (unpaired) electrons. The number of likely N-dealkylation sites (tertiary alicyclic amines) is 1. The summed E-state index contributed by atoms with van der Waals surface area (Å²) in [5.74, 6) is -1.63. The van der Waals surface area contributed by atoms with E-state index >= 15 is 0 Å². The van der Waals surface area contributed by atoms with Crippen LogP contribution in [0.5, 0.6) is 0 Å². The van der Waals surface area contributed by atoms with E-state index in [0.29, 0.717) is 5.69 Å². The zero-order valence-corrected chi connectivity index (χ0v) is 11.0. The van der Waals surface area contributed by atoms with E-state index in [4.69, 9.17) is 10.8 Å². The number of aliphatic hydroxyl groups excluding tert-OH is 1. The van der Waals surface area contributed by atoms with Crippen molar-refractivity contribution in [2.45, 2.75) is 18.6 Å². The van der Waals surface area contributed by atoms with Crippen molar-refractivity contribution >= 4 is 23.6 Å². The van der Waals surface area contributed by atoms with E-state index in [-0.39, 0.29) is 18.5 Å². The Kier molecular flexibility index (Phi) is 4.08. The number of nitrogens with one attached hydrogen (secondary N) is 1. The van der Waals surface area contributed by atoms with Crippen molar-refractivity contribution in [2.24, 2.45) is 5.73 Å². The van der Waals surface area contributed by atoms with E-state index in [0.717, 1.165) is 4.90 Å². The molecule has 1 heterocycles. The number of benzene rings is 1. The van der Waals surface area contributed by atoms with Crippen molar-refractivity contribution in [2.75, 3.05) is 11.9 Å². The first-order valence-electron chi connectivity index (χ1n) is 6.27. The molecule has 1 fully saturated rings. The van der Waals surface area contributed by atoms with Crippen LogP contribution < -0.4 is 11.1 Å². The number of nitrogens with two attached hydrogens (primary N) is 1. The van der Waals surface area contributed by atoms with Gasteiger partial charge in [0.1, 0.15) is 6.04 Å². The smallest absolute Gasteiger partial charge is 0.326 e. The molecule has 0 aromatic heterocycles. The van der Waals surface area contributed by atoms with E-state index in [1.807, 2.05) is 0 Å². The van der Waals surface area contributed by atoms with Gasteiger partial charge in [0, 0.05) is 24.2 Å². The number of amides is 3. The van der Waals surface area contributed by atoms with Crippen molar-refractivity contribution in [3.05, 3.63) is 29.8 Å². The molecule has 0 bridgehead atoms. The third kappa shape index (κ3) is 3.29. The second kappa shape index (κ2) is 5.80. The predicted octanol–water partition coefficient (Wildman–Crippen LogP) is -0.163. The lowest BCUT2D eigenvalue weighted by molar-refractivity contribution is -0.141. The van der Waals surface area contributed by atoms with Gasteiger partial charge in [-0.05, 0) is 24.3 Å². The Bertz CT molecular complexity index is 572. The molecule has 1 aliphatic heterocycles. The Morgan fingerprint density at radius 1 is 1.24 bits per heavy atom. The molecule has 112 valence electrons. The average molecular weight is 293 g/mol. The number of hydrogen-bond acceptors (Lipinski definition) is 4. The summed E-state index contributed by atoms with van der Waals surface area (Å²) in [6.07, 6.45) is -0.826. The maximum atomic E-state index is 12.3. The number of nitrogens with zero attached hydrogens (tertiary/aromatic N) is 1. The second-order valence-electron chi connectivity index (χ2n) is 4.77. The maximum Gasteiger partial charge on any atom is 0.326 e. The molecular weight excluding hydrogens is 278 g/mol. The van der Waals surface area contributed by atoms with Crippen LogP contribution in [0.1, 0.15) is 16.8 Å². The number of carboxylic acid groups (broad SMARTS) is 1. The van der Waals surface area contributed by atoms with Gasteiger partial charge >= 0.3 is 12.0 Å². The monoisotopic (exact) mass is 293 g/mol. The van der Waals surface area contributed by atoms with Gasteiger partial charge in [0.25, 0.3) is 5.91 Å². The molecule has 1 aromatic carbocycles. The number of rotatable bonds is 3. The van der Waals surface area contributed by atoms with Crippen LogP contribution >= 0.6 is 0 Å². The minimum absolute atomic E-state index is 0.0163. The largest absolute Gasteiger partial charge is 0.480 e. The average Bonchev–Trinajstić information content (AvgIpc) is 2.80. The third-order valence-electron chi connectivity index (χ3n) is 3.22. The highest BCUT2D eigenvalue weighted by Crippen LogP contribution is 2.21. The fraction of sp³-hybridized carbons (Fsp3) is 0.308. The first kappa shape index (κ1) is 14.8. The first-order chi connectivity index (χ1) is 9.88. The number of urea groups is 1. The van der Waals surface area contributed by atoms with Crippen LogP contribution in [0.3, 0.4) is 0 Å². The molecule has 3 amide bonds. The number of β-amino-alcohol motifs (C(OH)–C–C–N with tert-alkyl or cyclic N) is 1. The molecule has 0 aliphatic carbocycles. The number of aliphatic hydroxyl groups is 1. The summed E-state index contributed by atoms with van der Waals surface area (Å²) in [6.45, 7) is -0.0168. The zero-order valence-electron chi connectivity index (χ0n) is 11.0. The molecule has 5 N–H and O–H groups in total. The Hall–Kier alpha value is -2.61. The van der Waals surface area contributed by atoms with Crippen molar-refractivity contribution in [3.63, 3.8) is 0 Å². The van der Waals surface area contributed by atoms with Gasteiger partial charge in [-0.1, -0.05) is 0 Å². The normalized spacial score (nSPS) is 21.1. The summed E-state index contributed by atoms with van der Waals surface area (Å²) >= 11 is 0. The topological polar surface area (TPSA) is 133 Å². The Labute approximate surface area is 120 Å². The standard InChI is InChI=1S/C13H15N3O5/c14-13(21)15-8-3-1-7(2-4-8)11(18)16-6-9(17)5-10(16)12(19)20/h1-4,9-10,17H,5-6H2,(H,19,20)(H3,14,15,21). The van der Waals surface area contributed by atoms with Crippen LogP contribution in [0.4, 0.5) is 10.5 Å². The number of hydrogen-bond donors (Lipinski definition) is 4. The highest BCUT2D eigenvalue weighted by atomic mass is 16.4. The Balaban J connectivity index is 2.15. The van der Waals surface area contributed by atoms with Crippen LogP contribution in [0, 0.1) is 0 Å². The molecule has 0 saturated carbocycles. The predicted molar refractivity (Wildman–Crippen MR) is 72.7 cm³/mol. The van der Waals surface area contributed by atoms with Crippen LogP contribution in [0.25, 0.3) is 0 Å². The molecular formula is C13H15N3O5. The molecule has 2 atom stereocenters. The second-order valence-corrected chi connectivity index (χ2v) is 4.77. The van der Waals surface area contributed by atoms with Crippen molar-refractivity contribution in [3.8, 4) is 0 Å². The number of carbonyl (C=O) groups excluding carboxylic acids is 2. The first-order valence-corrected chi connectivity index (χ1v) is 6.27. The number of aliphatic carboxylic acids is 1. The van der Waals surface area contributed by atoms with Crippen LogP contribution in [-0.4, -0.2) is 51.7 Å². The van der Waals surface area contributed by atoms with Crippen molar-refractivity contribution in [1.29, 1.82) is 0 Å². The summed E-state index contributed by atoms with van der Waals surface area (Å²) in [7, 11) is 0. The summed E-state index contributed by atoms with van der Waals surface area (Å²) < 4.78 is 0. The van der Waals surface area contributed by atoms with E-state index in [1.165, 1.54) is 24.3 Å². The van der Waals surface area contributed by atoms with E-state index in [9.17, 15) is 19.5 Å². The lowest BCUT2D eigenvalue weighted by Crippen LogP contribution is -2.40. The van der Waals surface area contributed by atoms with Crippen molar-refractivity contribution in [1.82, 2.24) is 4.90 Å². The van der Waals surface area contributed by atoms with Crippen LogP contribution in [-0.2, 0) is 4.79 Å². The maximum absolute atomic E-state index is 12.3. The highest BCUT2D eigenvalue weighted by Gasteiger charge is 2.39. The van der Waals surface area contributed by atoms with Gasteiger partial charge in [0.05, 0.1) is 6.10 Å². The highest BCUT2D eigenvalue weighted by molar-refractivity contribution is 5.97. The summed E-state index contributed by atoms with van der Waals surface area (Å²) in [6, 6.07) is 4.13. The van der Waals surface area contributed by atoms with Gasteiger partial charge < -0.3 is 26.2 Å². The number of carboxylic acids is 1. The zero-order chi connectivity index (χ0) is 15.6. The van der Waals surface area contributed by atoms with Gasteiger partial charge in [-0.2, -0.15) is 0 Å². The summed E-state index contributed by atoms with van der Waals surface area (Å²) in [4.78, 5) is 35.2. The number of anilines is 1. The lowest BCUT2D eigenvalue weighted by atomic mass is 10.1. The van der Waals surface area contributed by atoms with Gasteiger partial charge in [0.2, 0.25) is 0 Å². The molecule has 8 heteroatoms. The molecule has 2 unspecified atom stereocenters. The fourth-order valence-electron chi connectivity index (χ4n) is 2.28. The van der Waals surface area contributed by atoms with Crippen LogP contribution in [0.15, 0.2) is 24.3 Å². The fourth-order valence-corrected chi connectivity index (χ4v) is 2.28. The lowest BCUT2D eigenvalue weighted by Gasteiger charge is -2.21. The molecule has 21 heavy (non-hydrogen) atoms. The molecule has 1 aromatic rings. The SMILES string of the molecule is NC(=O)Nc1ccc(C(=O)N2CC(O)CC2C(=O)O)cc1. The molecule has 1 aliphatic rings. The molecule has 0 spiro atoms. The number of carbonyl (C=O) groups is 3. The molecule has 2 rings (SSSR count). The van der Waals surface area contributed by atoms with Gasteiger partial charge in [-0.25, -0.2) is 9.59 Å². The minimum Gasteiger partial charge on any atom is -0.480 e. The van der Waals surface area contributed by atoms with E-state index in [1.54, 1.807) is 0 Å². The third-order valence-corrected chi connectivity index (χ3v) is 3.22. The summed E-state index contributed by atoms with van der Waals surface area (Å²) in [5, 5.41) is 21.0. The van der Waals surface area contributed by atoms with Crippen molar-refractivity contribution < 1.29 is 24.6 Å². The summed E-state index contributed by atoms with van der Waals surface area (Å²) in [5.41, 5.74) is 5.67. The van der Waals surface area contributed by atoms with Gasteiger partial charge in [0.15, 0.2) is 0 Å². The minimum atomic E-state index is -1.15. The Morgan fingerprint density at radius 2 is 1.86 bits per heavy atom. The quantitative estimate of drug-likeness (QED) is 0.614. The number of primary amides is 1.